The van der Waals surface area contributed by atoms with Crippen LogP contribution in [0.4, 0.5) is 5.82 Å². The lowest BCUT2D eigenvalue weighted by molar-refractivity contribution is -0.137. The highest BCUT2D eigenvalue weighted by Crippen LogP contribution is 2.46. The van der Waals surface area contributed by atoms with Gasteiger partial charge in [0.05, 0.1) is 17.2 Å². The molecule has 11 nitrogen and oxygen atoms in total. The molecule has 2 amide bonds. The van der Waals surface area contributed by atoms with Crippen LogP contribution in [0.15, 0.2) is 34.7 Å². The SMILES string of the molecule is CNC(=O)c1c(-c2ccc(C)cc2)oc2nc(N(CCC[C@H](C)C(=O)NCCCC(=O)O)S(C)(=O)=O)c(C3CC3)cc12. The molecule has 1 fully saturated rings. The zero-order chi connectivity index (χ0) is 30.6. The predicted molar refractivity (Wildman–Crippen MR) is 160 cm³/mol. The first-order valence-electron chi connectivity index (χ1n) is 14.1. The molecule has 0 bridgehead atoms. The Hall–Kier alpha value is -3.93. The third-order valence-corrected chi connectivity index (χ3v) is 8.58. The van der Waals surface area contributed by atoms with E-state index in [1.165, 1.54) is 4.31 Å². The molecule has 0 spiro atoms. The van der Waals surface area contributed by atoms with Crippen molar-refractivity contribution in [2.24, 2.45) is 5.92 Å². The van der Waals surface area contributed by atoms with Crippen LogP contribution in [-0.2, 0) is 19.6 Å². The Kier molecular flexibility index (Phi) is 9.55. The van der Waals surface area contributed by atoms with Crippen molar-refractivity contribution >= 4 is 44.7 Å². The molecular formula is C30H38N4O7S. The molecule has 42 heavy (non-hydrogen) atoms. The number of benzene rings is 1. The summed E-state index contributed by atoms with van der Waals surface area (Å²) in [5.74, 6) is -1.06. The minimum atomic E-state index is -3.75. The second kappa shape index (κ2) is 12.9. The maximum Gasteiger partial charge on any atom is 0.303 e. The summed E-state index contributed by atoms with van der Waals surface area (Å²) in [5, 5.41) is 14.7. The second-order valence-electron chi connectivity index (χ2n) is 10.9. The van der Waals surface area contributed by atoms with E-state index >= 15 is 0 Å². The molecule has 1 aliphatic carbocycles. The number of furan rings is 1. The third-order valence-electron chi connectivity index (χ3n) is 7.43. The van der Waals surface area contributed by atoms with Crippen LogP contribution in [0.25, 0.3) is 22.4 Å². The van der Waals surface area contributed by atoms with Gasteiger partial charge in [-0.25, -0.2) is 8.42 Å². The van der Waals surface area contributed by atoms with Crippen LogP contribution in [0.1, 0.15) is 72.9 Å². The molecule has 0 saturated heterocycles. The second-order valence-corrected chi connectivity index (χ2v) is 12.9. The monoisotopic (exact) mass is 598 g/mol. The summed E-state index contributed by atoms with van der Waals surface area (Å²) in [6, 6.07) is 9.43. The smallest absolute Gasteiger partial charge is 0.303 e. The molecule has 3 N–H and O–H groups in total. The number of sulfonamides is 1. The number of hydrogen-bond donors (Lipinski definition) is 3. The number of carboxylic acids is 1. The number of aliphatic carboxylic acids is 1. The third kappa shape index (κ3) is 7.28. The molecule has 0 unspecified atom stereocenters. The van der Waals surface area contributed by atoms with Gasteiger partial charge in [-0.15, -0.1) is 0 Å². The van der Waals surface area contributed by atoms with Crippen LogP contribution >= 0.6 is 0 Å². The van der Waals surface area contributed by atoms with Gasteiger partial charge >= 0.3 is 5.97 Å². The van der Waals surface area contributed by atoms with Crippen molar-refractivity contribution in [3.8, 4) is 11.3 Å². The lowest BCUT2D eigenvalue weighted by Crippen LogP contribution is -2.34. The van der Waals surface area contributed by atoms with E-state index in [-0.39, 0.29) is 54.7 Å². The first-order chi connectivity index (χ1) is 19.9. The molecule has 2 heterocycles. The van der Waals surface area contributed by atoms with E-state index in [0.29, 0.717) is 41.5 Å². The van der Waals surface area contributed by atoms with Gasteiger partial charge in [0.2, 0.25) is 21.6 Å². The number of carboxylic acid groups (broad SMARTS) is 1. The Balaban J connectivity index is 1.63. The van der Waals surface area contributed by atoms with E-state index in [9.17, 15) is 22.8 Å². The molecule has 1 saturated carbocycles. The fraction of sp³-hybridized carbons (Fsp3) is 0.467. The summed E-state index contributed by atoms with van der Waals surface area (Å²) in [5.41, 5.74) is 3.04. The molecule has 1 atom stereocenters. The van der Waals surface area contributed by atoms with Crippen LogP contribution in [0.2, 0.25) is 0 Å². The van der Waals surface area contributed by atoms with Gasteiger partial charge in [0, 0.05) is 38.0 Å². The van der Waals surface area contributed by atoms with Gasteiger partial charge in [-0.2, -0.15) is 4.98 Å². The standard InChI is InChI=1S/C30H38N4O7S/c1-18-9-11-21(12-10-18)26-25(29(38)31-3)23-17-22(20-13-14-20)27(33-30(23)41-26)34(42(4,39)40)16-6-7-19(2)28(37)32-15-5-8-24(35)36/h9-12,17,19-20H,5-8,13-16H2,1-4H3,(H,31,38)(H,32,37)(H,35,36)/t19-/m0/s1. The largest absolute Gasteiger partial charge is 0.481 e. The fourth-order valence-corrected chi connectivity index (χ4v) is 5.83. The zero-order valence-electron chi connectivity index (χ0n) is 24.4. The van der Waals surface area contributed by atoms with Crippen molar-refractivity contribution in [3.05, 3.63) is 47.0 Å². The highest BCUT2D eigenvalue weighted by molar-refractivity contribution is 7.92. The quantitative estimate of drug-likeness (QED) is 0.233. The zero-order valence-corrected chi connectivity index (χ0v) is 25.2. The highest BCUT2D eigenvalue weighted by Gasteiger charge is 2.34. The Morgan fingerprint density at radius 3 is 2.45 bits per heavy atom. The summed E-state index contributed by atoms with van der Waals surface area (Å²) in [7, 11) is -2.20. The Morgan fingerprint density at radius 2 is 1.86 bits per heavy atom. The van der Waals surface area contributed by atoms with Crippen molar-refractivity contribution in [3.63, 3.8) is 0 Å². The summed E-state index contributed by atoms with van der Waals surface area (Å²) in [6.07, 6.45) is 4.04. The van der Waals surface area contributed by atoms with Crippen LogP contribution < -0.4 is 14.9 Å². The van der Waals surface area contributed by atoms with Crippen LogP contribution in [0, 0.1) is 12.8 Å². The van der Waals surface area contributed by atoms with Gasteiger partial charge in [-0.05, 0) is 56.6 Å². The van der Waals surface area contributed by atoms with E-state index in [1.54, 1.807) is 14.0 Å². The lowest BCUT2D eigenvalue weighted by atomic mass is 10.0. The Labute approximate surface area is 245 Å². The maximum atomic E-state index is 13.0. The summed E-state index contributed by atoms with van der Waals surface area (Å²) in [6.45, 7) is 4.10. The van der Waals surface area contributed by atoms with Gasteiger partial charge in [0.25, 0.3) is 5.91 Å². The molecule has 1 aromatic carbocycles. The number of rotatable bonds is 14. The number of carbonyl (C=O) groups is 3. The number of pyridine rings is 1. The Morgan fingerprint density at radius 1 is 1.17 bits per heavy atom. The molecule has 0 radical (unpaired) electrons. The Bertz CT molecular complexity index is 1580. The van der Waals surface area contributed by atoms with Crippen LogP contribution in [0.5, 0.6) is 0 Å². The number of nitrogens with zero attached hydrogens (tertiary/aromatic N) is 2. The van der Waals surface area contributed by atoms with Gasteiger partial charge in [-0.3, -0.25) is 18.7 Å². The fourth-order valence-electron chi connectivity index (χ4n) is 4.91. The number of fused-ring (bicyclic) bond motifs is 1. The van der Waals surface area contributed by atoms with E-state index in [4.69, 9.17) is 14.5 Å². The van der Waals surface area contributed by atoms with Crippen molar-refractivity contribution in [1.29, 1.82) is 0 Å². The van der Waals surface area contributed by atoms with E-state index in [1.807, 2.05) is 37.3 Å². The number of hydrogen-bond acceptors (Lipinski definition) is 7. The average Bonchev–Trinajstić information content (AvgIpc) is 3.72. The van der Waals surface area contributed by atoms with Gasteiger partial charge in [0.1, 0.15) is 11.6 Å². The minimum Gasteiger partial charge on any atom is -0.481 e. The van der Waals surface area contributed by atoms with Gasteiger partial charge < -0.3 is 20.2 Å². The summed E-state index contributed by atoms with van der Waals surface area (Å²) in [4.78, 5) is 40.8. The topological polar surface area (TPSA) is 159 Å². The molecular weight excluding hydrogens is 560 g/mol. The summed E-state index contributed by atoms with van der Waals surface area (Å²) < 4.78 is 33.5. The number of carbonyl (C=O) groups excluding carboxylic acids is 2. The predicted octanol–water partition coefficient (Wildman–Crippen LogP) is 4.20. The van der Waals surface area contributed by atoms with Crippen molar-refractivity contribution in [2.75, 3.05) is 30.7 Å². The van der Waals surface area contributed by atoms with E-state index in [0.717, 1.165) is 30.2 Å². The molecule has 4 rings (SSSR count). The van der Waals surface area contributed by atoms with Crippen molar-refractivity contribution < 1.29 is 32.3 Å². The highest BCUT2D eigenvalue weighted by atomic mass is 32.2. The molecule has 226 valence electrons. The van der Waals surface area contributed by atoms with Crippen LogP contribution in [-0.4, -0.2) is 62.7 Å². The molecule has 1 aliphatic rings. The summed E-state index contributed by atoms with van der Waals surface area (Å²) >= 11 is 0. The maximum absolute atomic E-state index is 13.0. The minimum absolute atomic E-state index is 0.0224. The molecule has 0 aliphatic heterocycles. The lowest BCUT2D eigenvalue weighted by Gasteiger charge is -2.24. The van der Waals surface area contributed by atoms with Crippen molar-refractivity contribution in [2.45, 2.75) is 58.3 Å². The molecule has 12 heteroatoms. The number of nitrogens with one attached hydrogen (secondary N) is 2. The average molecular weight is 599 g/mol. The van der Waals surface area contributed by atoms with Crippen LogP contribution in [0.3, 0.4) is 0 Å². The first-order valence-corrected chi connectivity index (χ1v) is 16.0. The van der Waals surface area contributed by atoms with E-state index < -0.39 is 16.0 Å². The van der Waals surface area contributed by atoms with Gasteiger partial charge in [-0.1, -0.05) is 36.8 Å². The first kappa shape index (κ1) is 31.0. The number of aromatic nitrogens is 1. The number of anilines is 1. The molecule has 3 aromatic rings. The number of amides is 2. The number of aryl methyl sites for hydroxylation is 1. The normalized spacial score (nSPS) is 14.0. The van der Waals surface area contributed by atoms with Gasteiger partial charge in [0.15, 0.2) is 0 Å². The van der Waals surface area contributed by atoms with E-state index in [2.05, 4.69) is 10.6 Å². The molecule has 2 aromatic heterocycles. The van der Waals surface area contributed by atoms with Crippen molar-refractivity contribution in [1.82, 2.24) is 15.6 Å².